The maximum absolute atomic E-state index is 12.0. The van der Waals surface area contributed by atoms with Crippen LogP contribution >= 0.6 is 15.9 Å². The van der Waals surface area contributed by atoms with Gasteiger partial charge in [0.25, 0.3) is 5.91 Å². The van der Waals surface area contributed by atoms with Crippen LogP contribution in [0, 0.1) is 17.8 Å². The van der Waals surface area contributed by atoms with Gasteiger partial charge in [0.2, 0.25) is 0 Å². The summed E-state index contributed by atoms with van der Waals surface area (Å²) in [6, 6.07) is 3.52. The summed E-state index contributed by atoms with van der Waals surface area (Å²) in [5, 5.41) is 3.08. The lowest BCUT2D eigenvalue weighted by molar-refractivity contribution is 0.0943. The topological polar surface area (TPSA) is 42.0 Å². The number of hydrogen-bond acceptors (Lipinski definition) is 2. The van der Waals surface area contributed by atoms with Crippen LogP contribution in [0.5, 0.6) is 0 Å². The predicted molar refractivity (Wildman–Crippen MR) is 73.2 cm³/mol. The molecule has 0 radical (unpaired) electrons. The van der Waals surface area contributed by atoms with Gasteiger partial charge in [0.1, 0.15) is 4.60 Å². The summed E-state index contributed by atoms with van der Waals surface area (Å²) >= 11 is 3.29. The zero-order valence-corrected chi connectivity index (χ0v) is 11.8. The normalized spacial score (nSPS) is 19.0. The van der Waals surface area contributed by atoms with Crippen molar-refractivity contribution in [1.29, 1.82) is 0 Å². The molecular weight excluding hydrogens is 292 g/mol. The molecule has 0 aliphatic heterocycles. The Labute approximate surface area is 116 Å². The fraction of sp³-hybridized carbons (Fsp3) is 0.571. The van der Waals surface area contributed by atoms with E-state index in [-0.39, 0.29) is 5.91 Å². The first-order valence-electron chi connectivity index (χ1n) is 6.64. The quantitative estimate of drug-likeness (QED) is 0.850. The van der Waals surface area contributed by atoms with E-state index in [4.69, 9.17) is 0 Å². The van der Waals surface area contributed by atoms with Gasteiger partial charge in [0.15, 0.2) is 0 Å². The number of carbonyl (C=O) groups excluding carboxylic acids is 1. The summed E-state index contributed by atoms with van der Waals surface area (Å²) < 4.78 is 0.705. The Bertz CT molecular complexity index is 443. The molecule has 0 aromatic carbocycles. The van der Waals surface area contributed by atoms with E-state index in [0.29, 0.717) is 10.2 Å². The Kier molecular flexibility index (Phi) is 3.37. The molecule has 0 saturated heterocycles. The van der Waals surface area contributed by atoms with Gasteiger partial charge in [-0.05, 0) is 71.5 Å². The fourth-order valence-electron chi connectivity index (χ4n) is 2.62. The average Bonchev–Trinajstić information content (AvgIpc) is 3.23. The lowest BCUT2D eigenvalue weighted by Gasteiger charge is -2.16. The van der Waals surface area contributed by atoms with Crippen molar-refractivity contribution in [3.05, 3.63) is 28.5 Å². The van der Waals surface area contributed by atoms with E-state index in [1.807, 2.05) is 0 Å². The van der Waals surface area contributed by atoms with E-state index in [1.54, 1.807) is 18.3 Å². The van der Waals surface area contributed by atoms with Gasteiger partial charge in [-0.25, -0.2) is 4.98 Å². The molecule has 3 nitrogen and oxygen atoms in total. The molecule has 2 saturated carbocycles. The molecule has 4 heteroatoms. The fourth-order valence-corrected chi connectivity index (χ4v) is 2.99. The Morgan fingerprint density at radius 2 is 2.06 bits per heavy atom. The molecule has 3 rings (SSSR count). The highest BCUT2D eigenvalue weighted by Crippen LogP contribution is 2.48. The van der Waals surface area contributed by atoms with Crippen molar-refractivity contribution < 1.29 is 4.79 Å². The second-order valence-electron chi connectivity index (χ2n) is 5.42. The second-order valence-corrected chi connectivity index (χ2v) is 6.23. The van der Waals surface area contributed by atoms with Gasteiger partial charge >= 0.3 is 0 Å². The zero-order chi connectivity index (χ0) is 12.5. The molecule has 0 bridgehead atoms. The van der Waals surface area contributed by atoms with Crippen molar-refractivity contribution in [2.45, 2.75) is 25.7 Å². The lowest BCUT2D eigenvalue weighted by atomic mass is 9.98. The van der Waals surface area contributed by atoms with Gasteiger partial charge in [-0.3, -0.25) is 4.79 Å². The van der Waals surface area contributed by atoms with E-state index < -0.39 is 0 Å². The molecule has 2 aliphatic rings. The molecule has 0 atom stereocenters. The molecule has 1 amide bonds. The van der Waals surface area contributed by atoms with Crippen molar-refractivity contribution in [3.63, 3.8) is 0 Å². The third-order valence-electron chi connectivity index (χ3n) is 3.94. The highest BCUT2D eigenvalue weighted by molar-refractivity contribution is 9.10. The van der Waals surface area contributed by atoms with Gasteiger partial charge in [0.05, 0.1) is 0 Å². The third-order valence-corrected chi connectivity index (χ3v) is 4.38. The summed E-state index contributed by atoms with van der Waals surface area (Å²) in [7, 11) is 0. The van der Waals surface area contributed by atoms with E-state index in [0.717, 1.165) is 24.3 Å². The first kappa shape index (κ1) is 12.2. The molecule has 0 unspecified atom stereocenters. The molecule has 96 valence electrons. The Morgan fingerprint density at radius 3 is 2.61 bits per heavy atom. The minimum absolute atomic E-state index is 0.0180. The van der Waals surface area contributed by atoms with E-state index >= 15 is 0 Å². The number of nitrogens with one attached hydrogen (secondary N) is 1. The SMILES string of the molecule is O=C(NCC(C1CC1)C1CC1)c1ccnc(Br)c1. The Morgan fingerprint density at radius 1 is 1.39 bits per heavy atom. The molecular formula is C14H17BrN2O. The number of nitrogens with zero attached hydrogens (tertiary/aromatic N) is 1. The van der Waals surface area contributed by atoms with Crippen LogP contribution in [0.25, 0.3) is 0 Å². The number of aromatic nitrogens is 1. The molecule has 18 heavy (non-hydrogen) atoms. The van der Waals surface area contributed by atoms with Crippen LogP contribution in [0.2, 0.25) is 0 Å². The van der Waals surface area contributed by atoms with E-state index in [1.165, 1.54) is 25.7 Å². The molecule has 2 aliphatic carbocycles. The third kappa shape index (κ3) is 2.91. The van der Waals surface area contributed by atoms with Crippen LogP contribution in [0.4, 0.5) is 0 Å². The van der Waals surface area contributed by atoms with Crippen LogP contribution in [0.1, 0.15) is 36.0 Å². The standard InChI is InChI=1S/C14H17BrN2O/c15-13-7-11(5-6-16-13)14(18)17-8-12(9-1-2-9)10-3-4-10/h5-7,9-10,12H,1-4,8H2,(H,17,18). The Balaban J connectivity index is 1.57. The monoisotopic (exact) mass is 308 g/mol. The molecule has 1 N–H and O–H groups in total. The second kappa shape index (κ2) is 5.00. The predicted octanol–water partition coefficient (Wildman–Crippen LogP) is 3.01. The van der Waals surface area contributed by atoms with Crippen molar-refractivity contribution in [1.82, 2.24) is 10.3 Å². The molecule has 0 spiro atoms. The maximum atomic E-state index is 12.0. The first-order valence-corrected chi connectivity index (χ1v) is 7.43. The molecule has 1 heterocycles. The zero-order valence-electron chi connectivity index (χ0n) is 10.2. The van der Waals surface area contributed by atoms with Crippen LogP contribution < -0.4 is 5.32 Å². The van der Waals surface area contributed by atoms with Gasteiger partial charge in [0, 0.05) is 18.3 Å². The number of halogens is 1. The van der Waals surface area contributed by atoms with E-state index in [9.17, 15) is 4.79 Å². The summed E-state index contributed by atoms with van der Waals surface area (Å²) in [6.45, 7) is 0.841. The van der Waals surface area contributed by atoms with Crippen molar-refractivity contribution in [2.24, 2.45) is 17.8 Å². The summed E-state index contributed by atoms with van der Waals surface area (Å²) in [6.07, 6.45) is 7.09. The van der Waals surface area contributed by atoms with Crippen molar-refractivity contribution in [2.75, 3.05) is 6.54 Å². The molecule has 1 aromatic heterocycles. The number of rotatable bonds is 5. The first-order chi connectivity index (χ1) is 8.74. The highest BCUT2D eigenvalue weighted by atomic mass is 79.9. The van der Waals surface area contributed by atoms with Gasteiger partial charge in [-0.2, -0.15) is 0 Å². The van der Waals surface area contributed by atoms with Crippen molar-refractivity contribution in [3.8, 4) is 0 Å². The number of carbonyl (C=O) groups is 1. The van der Waals surface area contributed by atoms with Gasteiger partial charge < -0.3 is 5.32 Å². The van der Waals surface area contributed by atoms with Crippen molar-refractivity contribution >= 4 is 21.8 Å². The molecule has 1 aromatic rings. The lowest BCUT2D eigenvalue weighted by Crippen LogP contribution is -2.31. The highest BCUT2D eigenvalue weighted by Gasteiger charge is 2.41. The molecule has 2 fully saturated rings. The maximum Gasteiger partial charge on any atom is 0.251 e. The minimum atomic E-state index is 0.0180. The number of amides is 1. The van der Waals surface area contributed by atoms with Crippen LogP contribution in [0.15, 0.2) is 22.9 Å². The minimum Gasteiger partial charge on any atom is -0.352 e. The number of hydrogen-bond donors (Lipinski definition) is 1. The van der Waals surface area contributed by atoms with Gasteiger partial charge in [-0.1, -0.05) is 0 Å². The van der Waals surface area contributed by atoms with Crippen LogP contribution in [0.3, 0.4) is 0 Å². The average molecular weight is 309 g/mol. The van der Waals surface area contributed by atoms with Crippen LogP contribution in [-0.4, -0.2) is 17.4 Å². The summed E-state index contributed by atoms with van der Waals surface area (Å²) in [4.78, 5) is 16.1. The van der Waals surface area contributed by atoms with Crippen LogP contribution in [-0.2, 0) is 0 Å². The smallest absolute Gasteiger partial charge is 0.251 e. The summed E-state index contributed by atoms with van der Waals surface area (Å²) in [5.41, 5.74) is 0.683. The number of pyridine rings is 1. The van der Waals surface area contributed by atoms with Gasteiger partial charge in [-0.15, -0.1) is 0 Å². The Hall–Kier alpha value is -0.900. The van der Waals surface area contributed by atoms with E-state index in [2.05, 4.69) is 26.2 Å². The largest absolute Gasteiger partial charge is 0.352 e. The summed E-state index contributed by atoms with van der Waals surface area (Å²) in [5.74, 6) is 2.49.